The van der Waals surface area contributed by atoms with Crippen LogP contribution in [0.1, 0.15) is 17.3 Å². The van der Waals surface area contributed by atoms with E-state index in [1.807, 2.05) is 0 Å². The zero-order valence-corrected chi connectivity index (χ0v) is 16.2. The fourth-order valence-electron chi connectivity index (χ4n) is 1.91. The Kier molecular flexibility index (Phi) is 7.11. The number of halogens is 3. The molecule has 0 spiro atoms. The third kappa shape index (κ3) is 5.63. The molecule has 2 aromatic carbocycles. The van der Waals surface area contributed by atoms with Gasteiger partial charge in [-0.05, 0) is 59.3 Å². The first-order valence-corrected chi connectivity index (χ1v) is 8.80. The summed E-state index contributed by atoms with van der Waals surface area (Å²) in [5, 5.41) is 3.41. The number of esters is 1. The van der Waals surface area contributed by atoms with Crippen LogP contribution in [0.2, 0.25) is 10.0 Å². The van der Waals surface area contributed by atoms with Crippen LogP contribution in [-0.4, -0.2) is 25.1 Å². The SMILES string of the molecule is CCOC(=O)c1ccc(NC(=O)COc2c(Cl)cc(Cl)cc2Br)cc1. The Balaban J connectivity index is 1.93. The van der Waals surface area contributed by atoms with Crippen LogP contribution in [0.3, 0.4) is 0 Å². The van der Waals surface area contributed by atoms with Crippen molar-refractivity contribution in [2.75, 3.05) is 18.5 Å². The van der Waals surface area contributed by atoms with E-state index in [1.54, 1.807) is 37.3 Å². The standard InChI is InChI=1S/C17H14BrCl2NO4/c1-2-24-17(23)10-3-5-12(6-4-10)21-15(22)9-25-16-13(18)7-11(19)8-14(16)20/h3-8H,2,9H2,1H3,(H,21,22). The second-order valence-electron chi connectivity index (χ2n) is 4.83. The summed E-state index contributed by atoms with van der Waals surface area (Å²) in [5.74, 6) is -0.452. The van der Waals surface area contributed by atoms with Gasteiger partial charge >= 0.3 is 5.97 Å². The largest absolute Gasteiger partial charge is 0.481 e. The van der Waals surface area contributed by atoms with Crippen molar-refractivity contribution in [2.45, 2.75) is 6.92 Å². The lowest BCUT2D eigenvalue weighted by Gasteiger charge is -2.11. The predicted octanol–water partition coefficient (Wildman–Crippen LogP) is 4.95. The van der Waals surface area contributed by atoms with Crippen LogP contribution in [0.4, 0.5) is 5.69 Å². The maximum atomic E-state index is 12.0. The van der Waals surface area contributed by atoms with Crippen molar-refractivity contribution < 1.29 is 19.1 Å². The molecule has 0 aliphatic heterocycles. The summed E-state index contributed by atoms with van der Waals surface area (Å²) in [4.78, 5) is 23.6. The predicted molar refractivity (Wildman–Crippen MR) is 101 cm³/mol. The number of carbonyl (C=O) groups excluding carboxylic acids is 2. The van der Waals surface area contributed by atoms with Gasteiger partial charge in [-0.25, -0.2) is 4.79 Å². The molecule has 2 rings (SSSR count). The molecule has 1 amide bonds. The Morgan fingerprint density at radius 2 is 1.84 bits per heavy atom. The Morgan fingerprint density at radius 1 is 1.16 bits per heavy atom. The number of hydrogen-bond donors (Lipinski definition) is 1. The topological polar surface area (TPSA) is 64.6 Å². The molecular formula is C17H14BrCl2NO4. The van der Waals surface area contributed by atoms with E-state index >= 15 is 0 Å². The van der Waals surface area contributed by atoms with E-state index < -0.39 is 5.97 Å². The molecule has 25 heavy (non-hydrogen) atoms. The second-order valence-corrected chi connectivity index (χ2v) is 6.53. The molecule has 0 heterocycles. The van der Waals surface area contributed by atoms with Gasteiger partial charge in [-0.1, -0.05) is 23.2 Å². The summed E-state index contributed by atoms with van der Waals surface area (Å²) >= 11 is 15.2. The number of amides is 1. The Morgan fingerprint density at radius 3 is 2.44 bits per heavy atom. The van der Waals surface area contributed by atoms with Crippen molar-refractivity contribution in [3.8, 4) is 5.75 Å². The number of nitrogens with one attached hydrogen (secondary N) is 1. The number of hydrogen-bond acceptors (Lipinski definition) is 4. The summed E-state index contributed by atoms with van der Waals surface area (Å²) in [6.45, 7) is 1.80. The molecule has 0 radical (unpaired) electrons. The highest BCUT2D eigenvalue weighted by Gasteiger charge is 2.12. The Labute approximate surface area is 163 Å². The molecule has 132 valence electrons. The third-order valence-corrected chi connectivity index (χ3v) is 4.08. The van der Waals surface area contributed by atoms with E-state index in [4.69, 9.17) is 32.7 Å². The number of ether oxygens (including phenoxy) is 2. The number of rotatable bonds is 6. The summed E-state index contributed by atoms with van der Waals surface area (Å²) in [6.07, 6.45) is 0. The zero-order valence-electron chi connectivity index (χ0n) is 13.1. The van der Waals surface area contributed by atoms with Crippen molar-refractivity contribution in [3.05, 3.63) is 56.5 Å². The van der Waals surface area contributed by atoms with Crippen LogP contribution in [0.5, 0.6) is 5.75 Å². The van der Waals surface area contributed by atoms with Gasteiger partial charge in [-0.3, -0.25) is 4.79 Å². The number of anilines is 1. The highest BCUT2D eigenvalue weighted by atomic mass is 79.9. The van der Waals surface area contributed by atoms with E-state index in [-0.39, 0.29) is 12.5 Å². The van der Waals surface area contributed by atoms with E-state index in [1.165, 1.54) is 6.07 Å². The van der Waals surface area contributed by atoms with Gasteiger partial charge in [-0.15, -0.1) is 0 Å². The molecule has 0 bridgehead atoms. The molecule has 0 aliphatic rings. The minimum atomic E-state index is -0.411. The maximum absolute atomic E-state index is 12.0. The molecule has 5 nitrogen and oxygen atoms in total. The first-order valence-electron chi connectivity index (χ1n) is 7.25. The van der Waals surface area contributed by atoms with Gasteiger partial charge in [0.25, 0.3) is 5.91 Å². The van der Waals surface area contributed by atoms with Crippen molar-refractivity contribution in [1.29, 1.82) is 0 Å². The minimum Gasteiger partial charge on any atom is -0.481 e. The molecule has 0 fully saturated rings. The van der Waals surface area contributed by atoms with Gasteiger partial charge in [0.05, 0.1) is 21.7 Å². The maximum Gasteiger partial charge on any atom is 0.338 e. The van der Waals surface area contributed by atoms with Crippen molar-refractivity contribution >= 4 is 56.7 Å². The summed E-state index contributed by atoms with van der Waals surface area (Å²) in [7, 11) is 0. The first kappa shape index (κ1) is 19.6. The highest BCUT2D eigenvalue weighted by molar-refractivity contribution is 9.10. The number of carbonyl (C=O) groups is 2. The molecule has 0 aromatic heterocycles. The lowest BCUT2D eigenvalue weighted by molar-refractivity contribution is -0.118. The summed E-state index contributed by atoms with van der Waals surface area (Å²) < 4.78 is 10.9. The molecule has 0 atom stereocenters. The molecule has 0 saturated carbocycles. The van der Waals surface area contributed by atoms with Gasteiger partial charge in [0, 0.05) is 10.7 Å². The molecule has 1 N–H and O–H groups in total. The van der Waals surface area contributed by atoms with E-state index in [0.717, 1.165) is 0 Å². The first-order chi connectivity index (χ1) is 11.9. The molecule has 8 heteroatoms. The molecule has 0 aliphatic carbocycles. The van der Waals surface area contributed by atoms with Crippen LogP contribution in [-0.2, 0) is 9.53 Å². The van der Waals surface area contributed by atoms with Gasteiger partial charge in [0.15, 0.2) is 12.4 Å². The molecule has 0 unspecified atom stereocenters. The average molecular weight is 447 g/mol. The van der Waals surface area contributed by atoms with Crippen molar-refractivity contribution in [1.82, 2.24) is 0 Å². The summed E-state index contributed by atoms with van der Waals surface area (Å²) in [5.41, 5.74) is 0.941. The Bertz CT molecular complexity index is 758. The van der Waals surface area contributed by atoms with E-state index in [0.29, 0.717) is 38.1 Å². The second kappa shape index (κ2) is 9.08. The fraction of sp³-hybridized carbons (Fsp3) is 0.176. The van der Waals surface area contributed by atoms with Gasteiger partial charge in [0.1, 0.15) is 0 Å². The van der Waals surface area contributed by atoms with Crippen LogP contribution in [0.25, 0.3) is 0 Å². The van der Waals surface area contributed by atoms with Crippen molar-refractivity contribution in [3.63, 3.8) is 0 Å². The highest BCUT2D eigenvalue weighted by Crippen LogP contribution is 2.35. The molecule has 0 saturated heterocycles. The Hall–Kier alpha value is -1.76. The zero-order chi connectivity index (χ0) is 18.4. The number of benzene rings is 2. The van der Waals surface area contributed by atoms with Crippen LogP contribution in [0, 0.1) is 0 Å². The van der Waals surface area contributed by atoms with Crippen LogP contribution >= 0.6 is 39.1 Å². The van der Waals surface area contributed by atoms with Crippen LogP contribution in [0.15, 0.2) is 40.9 Å². The average Bonchev–Trinajstić information content (AvgIpc) is 2.54. The van der Waals surface area contributed by atoms with Gasteiger partial charge in [0.2, 0.25) is 0 Å². The lowest BCUT2D eigenvalue weighted by Crippen LogP contribution is -2.20. The van der Waals surface area contributed by atoms with E-state index in [2.05, 4.69) is 21.2 Å². The smallest absolute Gasteiger partial charge is 0.338 e. The minimum absolute atomic E-state index is 0.237. The summed E-state index contributed by atoms with van der Waals surface area (Å²) in [6, 6.07) is 9.50. The quantitative estimate of drug-likeness (QED) is 0.637. The normalized spacial score (nSPS) is 10.2. The van der Waals surface area contributed by atoms with Gasteiger partial charge < -0.3 is 14.8 Å². The van der Waals surface area contributed by atoms with Crippen molar-refractivity contribution in [2.24, 2.45) is 0 Å². The monoisotopic (exact) mass is 445 g/mol. The molecular weight excluding hydrogens is 433 g/mol. The molecule has 2 aromatic rings. The fourth-order valence-corrected chi connectivity index (χ4v) is 3.27. The van der Waals surface area contributed by atoms with E-state index in [9.17, 15) is 9.59 Å². The lowest BCUT2D eigenvalue weighted by atomic mass is 10.2. The third-order valence-electron chi connectivity index (χ3n) is 2.99. The van der Waals surface area contributed by atoms with Gasteiger partial charge in [-0.2, -0.15) is 0 Å². The van der Waals surface area contributed by atoms with Crippen LogP contribution < -0.4 is 10.1 Å².